The molecule has 0 saturated carbocycles. The van der Waals surface area contributed by atoms with Crippen molar-refractivity contribution in [1.82, 2.24) is 20.3 Å². The lowest BCUT2D eigenvalue weighted by molar-refractivity contribution is -0.122. The summed E-state index contributed by atoms with van der Waals surface area (Å²) in [6, 6.07) is 15.5. The number of phosphoric ester groups is 6. The van der Waals surface area contributed by atoms with Crippen molar-refractivity contribution in [3.63, 3.8) is 0 Å². The van der Waals surface area contributed by atoms with Crippen LogP contribution in [0.5, 0.6) is 0 Å². The first-order valence-corrected chi connectivity index (χ1v) is 55.4. The summed E-state index contributed by atoms with van der Waals surface area (Å²) in [6.45, 7) is -7.57. The molecule has 4 aliphatic rings. The number of hydrogen-bond donors (Lipinski definition) is 10. The number of aliphatic hydroxyl groups excluding tert-OH is 1. The number of ether oxygens (including phenoxy) is 9. The van der Waals surface area contributed by atoms with E-state index in [1.165, 1.54) is 0 Å². The summed E-state index contributed by atoms with van der Waals surface area (Å²) >= 11 is 10.3. The number of Topliss-reactive ketones (excluding diaryl/α,β-unsaturated/α-hetero) is 1. The normalized spacial score (nSPS) is 21.4. The molecule has 128 heavy (non-hydrogen) atoms. The summed E-state index contributed by atoms with van der Waals surface area (Å²) in [6.07, 6.45) is -2.87. The average Bonchev–Trinajstić information content (AvgIpc) is 1.67. The maximum absolute atomic E-state index is 14.0. The highest BCUT2D eigenvalue weighted by Gasteiger charge is 2.41. The number of aliphatic hydroxyl groups is 1. The van der Waals surface area contributed by atoms with Gasteiger partial charge in [-0.15, -0.1) is 5.10 Å². The van der Waals surface area contributed by atoms with Crippen molar-refractivity contribution >= 4 is 107 Å². The Labute approximate surface area is 751 Å². The average molecular weight is 2030 g/mol. The van der Waals surface area contributed by atoms with Gasteiger partial charge in [-0.1, -0.05) is 54.6 Å². The Balaban J connectivity index is 0.605. The summed E-state index contributed by atoms with van der Waals surface area (Å²) < 4.78 is 206. The molecule has 3 aromatic rings. The van der Waals surface area contributed by atoms with Crippen LogP contribution in [0.3, 0.4) is 0 Å². The minimum atomic E-state index is -4.76. The van der Waals surface area contributed by atoms with E-state index in [2.05, 4.69) is 15.6 Å². The van der Waals surface area contributed by atoms with Gasteiger partial charge in [-0.05, 0) is 86.6 Å². The second kappa shape index (κ2) is 59.6. The monoisotopic (exact) mass is 2030 g/mol. The molecule has 2 aromatic carbocycles. The summed E-state index contributed by atoms with van der Waals surface area (Å²) in [5.74, 6) is -0.107. The largest absolute Gasteiger partial charge is 0.472 e. The van der Waals surface area contributed by atoms with Gasteiger partial charge >= 0.3 is 60.4 Å². The van der Waals surface area contributed by atoms with Crippen LogP contribution < -0.4 is 10.2 Å². The number of anilines is 1. The number of fused-ring (bicyclic) bond motifs is 5. The zero-order valence-corrected chi connectivity index (χ0v) is 79.5. The van der Waals surface area contributed by atoms with Crippen LogP contribution in [0.25, 0.3) is 22.5 Å². The van der Waals surface area contributed by atoms with E-state index in [0.717, 1.165) is 22.4 Å². The van der Waals surface area contributed by atoms with Crippen LogP contribution in [0.15, 0.2) is 48.5 Å². The van der Waals surface area contributed by atoms with Gasteiger partial charge in [0.2, 0.25) is 11.8 Å². The number of unbranched alkanes of at least 4 members (excludes halogenated alkanes) is 1. The van der Waals surface area contributed by atoms with Crippen LogP contribution in [0, 0.1) is 0 Å². The van der Waals surface area contributed by atoms with Crippen molar-refractivity contribution in [2.45, 2.75) is 147 Å². The zero-order valence-electron chi connectivity index (χ0n) is 70.7. The third-order valence-corrected chi connectivity index (χ3v) is 27.5. The molecule has 4 aliphatic heterocycles. The van der Waals surface area contributed by atoms with Crippen molar-refractivity contribution in [2.75, 3.05) is 203 Å². The molecule has 0 aliphatic carbocycles. The Morgan fingerprint density at radius 1 is 0.438 bits per heavy atom. The van der Waals surface area contributed by atoms with E-state index < -0.39 is 170 Å². The number of aromatic nitrogens is 3. The van der Waals surface area contributed by atoms with Crippen LogP contribution in [-0.4, -0.2) is 312 Å². The first-order chi connectivity index (χ1) is 61.0. The number of phosphoric acid groups is 6. The fraction of sp³-hybridized carbons (Fsp3) is 0.757. The standard InChI is InChI=1S/C70H119N5O43P8S2/c1-2-57(76)20-36-94-42-45-97-47-44-96-41-25-75-70-58-15-4-3-14-56(58)52-74(60-17-6-5-16-59(60)69(70)72-73-75)68(79)19-8-7-18-67(78)71-24-40-95-43-46-98-48-49-99-50-51-113-123(88,89)111-34-12-32-109-121(84,85)107-30-10-28-105-119(80,81)103-26-9-27-104-120(82,83)106-29-11-31-108-122(86,87)110-33-13-35-112-124(90,91)114-54-65-62(22-38-101-65)117-126(93,128)116-55-66-63(23-39-102-66)118-125(92,127)115-53-64-61(77)21-37-100-64/h3-6,14-17,61-66,77H,2,7-13,18-55H2,1H3,(H,71,78)(H,80,81)(H,82,83)(H,84,85)(H,86,87)(H,88,89)(H,90,91)(H,92,127)(H,93,128)/t61-,62-,63+,64-,65-,66+,125?,126?/m1/s1. The van der Waals surface area contributed by atoms with Gasteiger partial charge in [-0.3, -0.25) is 68.7 Å². The van der Waals surface area contributed by atoms with Crippen LogP contribution in [0.2, 0.25) is 0 Å². The zero-order chi connectivity index (χ0) is 92.8. The second-order valence-electron chi connectivity index (χ2n) is 28.1. The van der Waals surface area contributed by atoms with E-state index in [1.807, 2.05) is 60.1 Å². The van der Waals surface area contributed by atoms with E-state index >= 15 is 0 Å². The SMILES string of the molecule is CCC(=O)CCOCCOCCOCCn1nnc2c1-c1ccccc1CN(C(=O)CCCCC(=O)NCCOCCOCCOCCOP(=O)(O)OCCCOP(=O)(O)OCCCOP(=O)(O)OCCCOP(=O)(O)OCCCOP(=O)(O)OCCCOP(=O)(O)OC[C@H]1OCC[C@H]1OP(O)(=S)OC[C@@H]1OCC[C@@H]1OP(O)(=S)OC[C@H]1OCC[C@H]1O)c1ccccc1-2. The summed E-state index contributed by atoms with van der Waals surface area (Å²) in [7, 11) is -28.1. The third-order valence-electron chi connectivity index (χ3n) is 18.2. The maximum Gasteiger partial charge on any atom is 0.472 e. The lowest BCUT2D eigenvalue weighted by atomic mass is 9.95. The number of nitrogens with zero attached hydrogens (tertiary/aromatic N) is 4. The van der Waals surface area contributed by atoms with Gasteiger partial charge in [-0.2, -0.15) is 0 Å². The number of nitrogens with one attached hydrogen (secondary N) is 1. The number of benzene rings is 2. The highest BCUT2D eigenvalue weighted by molar-refractivity contribution is 8.07. The maximum atomic E-state index is 14.0. The number of carbonyl (C=O) groups excluding carboxylic acids is 3. The molecule has 3 fully saturated rings. The molecular weight excluding hydrogens is 1910 g/mol. The highest BCUT2D eigenvalue weighted by atomic mass is 32.5. The first kappa shape index (κ1) is 113. The number of amides is 2. The third kappa shape index (κ3) is 46.1. The van der Waals surface area contributed by atoms with E-state index in [1.54, 1.807) is 4.90 Å². The number of carbonyl (C=O) groups is 3. The molecule has 0 spiro atoms. The molecule has 14 atom stereocenters. The van der Waals surface area contributed by atoms with Crippen LogP contribution >= 0.6 is 60.4 Å². The molecule has 10 N–H and O–H groups in total. The number of rotatable bonds is 74. The molecule has 8 unspecified atom stereocenters. The summed E-state index contributed by atoms with van der Waals surface area (Å²) in [5.41, 5.74) is 4.75. The molecule has 734 valence electrons. The van der Waals surface area contributed by atoms with Crippen molar-refractivity contribution in [3.8, 4) is 22.5 Å². The quantitative estimate of drug-likeness (QED) is 0.0195. The minimum absolute atomic E-state index is 0.0937. The Hall–Kier alpha value is -2.49. The number of ketones is 1. The molecule has 48 nitrogen and oxygen atoms in total. The molecule has 0 radical (unpaired) electrons. The van der Waals surface area contributed by atoms with E-state index in [9.17, 15) is 86.0 Å². The van der Waals surface area contributed by atoms with Crippen LogP contribution in [0.4, 0.5) is 5.69 Å². The van der Waals surface area contributed by atoms with Crippen LogP contribution in [0.1, 0.15) is 102 Å². The van der Waals surface area contributed by atoms with Crippen molar-refractivity contribution in [3.05, 3.63) is 54.1 Å². The topological polar surface area (TPSA) is 612 Å². The van der Waals surface area contributed by atoms with Gasteiger partial charge in [0.05, 0.1) is 215 Å². The van der Waals surface area contributed by atoms with Crippen molar-refractivity contribution < 1.29 is 201 Å². The highest BCUT2D eigenvalue weighted by Crippen LogP contribution is 2.53. The predicted octanol–water partition coefficient (Wildman–Crippen LogP) is 7.32. The lowest BCUT2D eigenvalue weighted by Gasteiger charge is -2.28. The molecule has 58 heteroatoms. The molecule has 1 aromatic heterocycles. The fourth-order valence-electron chi connectivity index (χ4n) is 11.9. The van der Waals surface area contributed by atoms with Gasteiger partial charge in [0.25, 0.3) is 0 Å². The van der Waals surface area contributed by atoms with E-state index in [4.69, 9.17) is 139 Å². The van der Waals surface area contributed by atoms with E-state index in [0.29, 0.717) is 109 Å². The smallest absolute Gasteiger partial charge is 0.390 e. The van der Waals surface area contributed by atoms with Gasteiger partial charge < -0.3 is 115 Å². The first-order valence-electron chi connectivity index (χ1n) is 41.3. The van der Waals surface area contributed by atoms with Gasteiger partial charge in [0.1, 0.15) is 29.8 Å². The van der Waals surface area contributed by atoms with Crippen LogP contribution in [-0.2, 0) is 193 Å². The Bertz CT molecular complexity index is 4200. The second-order valence-corrected chi connectivity index (χ2v) is 42.4. The Morgan fingerprint density at radius 2 is 0.820 bits per heavy atom. The van der Waals surface area contributed by atoms with Gasteiger partial charge in [0.15, 0.2) is 0 Å². The molecular formula is C70H119N5O43P8S2. The number of para-hydroxylation sites is 1. The fourth-order valence-corrected chi connectivity index (χ4v) is 19.6. The van der Waals surface area contributed by atoms with Crippen molar-refractivity contribution in [1.29, 1.82) is 0 Å². The van der Waals surface area contributed by atoms with Crippen molar-refractivity contribution in [2.24, 2.45) is 0 Å². The van der Waals surface area contributed by atoms with Gasteiger partial charge in [-0.25, -0.2) is 32.1 Å². The summed E-state index contributed by atoms with van der Waals surface area (Å²) in [5, 5.41) is 21.9. The molecule has 2 amide bonds. The Kier molecular flexibility index (Phi) is 52.4. The molecule has 5 heterocycles. The molecule has 3 saturated heterocycles. The van der Waals surface area contributed by atoms with Gasteiger partial charge in [0, 0.05) is 76.0 Å². The predicted molar refractivity (Wildman–Crippen MR) is 456 cm³/mol. The lowest BCUT2D eigenvalue weighted by Crippen LogP contribution is -2.32. The summed E-state index contributed by atoms with van der Waals surface area (Å²) in [4.78, 5) is 121. The Morgan fingerprint density at radius 3 is 1.29 bits per heavy atom. The minimum Gasteiger partial charge on any atom is -0.390 e. The number of hydrogen-bond acceptors (Lipinski definition) is 39. The van der Waals surface area contributed by atoms with E-state index in [-0.39, 0.29) is 148 Å². The molecule has 0 bridgehead atoms. The molecule has 7 rings (SSSR count).